The third kappa shape index (κ3) is 6.66. The van der Waals surface area contributed by atoms with E-state index in [1.807, 2.05) is 32.0 Å². The fourth-order valence-electron chi connectivity index (χ4n) is 4.98. The molecule has 2 aromatic carbocycles. The van der Waals surface area contributed by atoms with Crippen molar-refractivity contribution in [2.45, 2.75) is 44.8 Å². The summed E-state index contributed by atoms with van der Waals surface area (Å²) in [6.45, 7) is 5.08. The van der Waals surface area contributed by atoms with E-state index in [1.165, 1.54) is 17.7 Å². The second-order valence-electron chi connectivity index (χ2n) is 10.2. The third-order valence-electron chi connectivity index (χ3n) is 6.82. The van der Waals surface area contributed by atoms with Gasteiger partial charge in [-0.15, -0.1) is 0 Å². The van der Waals surface area contributed by atoms with Gasteiger partial charge in [0.25, 0.3) is 0 Å². The molecule has 2 saturated heterocycles. The van der Waals surface area contributed by atoms with Crippen molar-refractivity contribution in [2.24, 2.45) is 5.92 Å². The Hall–Kier alpha value is -3.11. The van der Waals surface area contributed by atoms with Crippen LogP contribution >= 0.6 is 11.8 Å². The molecule has 0 spiro atoms. The molecule has 1 N–H and O–H groups in total. The highest BCUT2D eigenvalue weighted by atomic mass is 32.2. The Morgan fingerprint density at radius 2 is 1.79 bits per heavy atom. The SMILES string of the molecule is CC(C)C[C@H]1C(=O)N(CCSCc2ccccc2)C[C@H]2N1C(=O)CN(C)N2C(=O)NCc1ccc(F)cc1. The Kier molecular flexibility index (Phi) is 9.27. The molecule has 2 atom stereocenters. The number of hydrazine groups is 1. The molecule has 0 radical (unpaired) electrons. The van der Waals surface area contributed by atoms with Gasteiger partial charge in [0.1, 0.15) is 18.0 Å². The van der Waals surface area contributed by atoms with E-state index in [0.717, 1.165) is 17.1 Å². The minimum absolute atomic E-state index is 0.00920. The number of hydrogen-bond donors (Lipinski definition) is 1. The van der Waals surface area contributed by atoms with Crippen molar-refractivity contribution in [3.63, 3.8) is 0 Å². The summed E-state index contributed by atoms with van der Waals surface area (Å²) in [5.41, 5.74) is 2.00. The van der Waals surface area contributed by atoms with Crippen molar-refractivity contribution >= 4 is 29.6 Å². The Bertz CT molecular complexity index is 1120. The van der Waals surface area contributed by atoms with Crippen LogP contribution in [-0.2, 0) is 21.9 Å². The monoisotopic (exact) mass is 541 g/mol. The fourth-order valence-corrected chi connectivity index (χ4v) is 5.90. The molecule has 0 aromatic heterocycles. The molecule has 0 bridgehead atoms. The second kappa shape index (κ2) is 12.6. The Labute approximate surface area is 228 Å². The van der Waals surface area contributed by atoms with Gasteiger partial charge in [0.2, 0.25) is 11.8 Å². The van der Waals surface area contributed by atoms with E-state index >= 15 is 0 Å². The van der Waals surface area contributed by atoms with Gasteiger partial charge < -0.3 is 15.1 Å². The number of nitrogens with zero attached hydrogens (tertiary/aromatic N) is 4. The summed E-state index contributed by atoms with van der Waals surface area (Å²) in [4.78, 5) is 43.6. The summed E-state index contributed by atoms with van der Waals surface area (Å²) in [6, 6.07) is 15.2. The zero-order valence-electron chi connectivity index (χ0n) is 22.2. The first kappa shape index (κ1) is 27.9. The highest BCUT2D eigenvalue weighted by Gasteiger charge is 2.50. The number of amides is 4. The topological polar surface area (TPSA) is 76.2 Å². The van der Waals surface area contributed by atoms with Crippen LogP contribution in [0.1, 0.15) is 31.4 Å². The smallest absolute Gasteiger partial charge is 0.334 e. The van der Waals surface area contributed by atoms with E-state index in [0.29, 0.717) is 13.0 Å². The Balaban J connectivity index is 1.48. The number of halogens is 1. The maximum absolute atomic E-state index is 13.6. The van der Waals surface area contributed by atoms with E-state index < -0.39 is 12.2 Å². The second-order valence-corrected chi connectivity index (χ2v) is 11.3. The number of hydrogen-bond acceptors (Lipinski definition) is 5. The number of thioether (sulfide) groups is 1. The van der Waals surface area contributed by atoms with Gasteiger partial charge in [-0.3, -0.25) is 9.59 Å². The molecule has 2 aliphatic heterocycles. The molecule has 0 saturated carbocycles. The molecular weight excluding hydrogens is 505 g/mol. The lowest BCUT2D eigenvalue weighted by Gasteiger charge is -2.54. The minimum Gasteiger partial charge on any atom is -0.336 e. The molecule has 2 aromatic rings. The molecule has 8 nitrogen and oxygen atoms in total. The van der Waals surface area contributed by atoms with E-state index in [-0.39, 0.29) is 49.2 Å². The molecule has 2 heterocycles. The number of likely N-dealkylation sites (N-methyl/N-ethyl adjacent to an activating group) is 1. The molecule has 2 fully saturated rings. The van der Waals surface area contributed by atoms with E-state index in [1.54, 1.807) is 50.8 Å². The van der Waals surface area contributed by atoms with Crippen molar-refractivity contribution in [1.82, 2.24) is 25.1 Å². The molecule has 10 heteroatoms. The molecule has 0 aliphatic carbocycles. The number of carbonyl (C=O) groups is 3. The zero-order valence-corrected chi connectivity index (χ0v) is 23.0. The predicted octanol–water partition coefficient (Wildman–Crippen LogP) is 3.54. The number of benzene rings is 2. The summed E-state index contributed by atoms with van der Waals surface area (Å²) >= 11 is 1.76. The largest absolute Gasteiger partial charge is 0.336 e. The lowest BCUT2D eigenvalue weighted by molar-refractivity contribution is -0.187. The quantitative estimate of drug-likeness (QED) is 0.492. The maximum atomic E-state index is 13.6. The normalized spacial score (nSPS) is 20.2. The third-order valence-corrected chi connectivity index (χ3v) is 7.83. The van der Waals surface area contributed by atoms with Gasteiger partial charge in [0.05, 0.1) is 13.1 Å². The predicted molar refractivity (Wildman–Crippen MR) is 146 cm³/mol. The average Bonchev–Trinajstić information content (AvgIpc) is 2.88. The lowest BCUT2D eigenvalue weighted by atomic mass is 9.97. The van der Waals surface area contributed by atoms with Crippen LogP contribution in [0.3, 0.4) is 0 Å². The van der Waals surface area contributed by atoms with Crippen molar-refractivity contribution < 1.29 is 18.8 Å². The average molecular weight is 542 g/mol. The highest BCUT2D eigenvalue weighted by Crippen LogP contribution is 2.29. The van der Waals surface area contributed by atoms with Crippen LogP contribution in [-0.4, -0.2) is 82.3 Å². The Morgan fingerprint density at radius 3 is 2.47 bits per heavy atom. The summed E-state index contributed by atoms with van der Waals surface area (Å²) in [6.07, 6.45) is -0.0706. The standard InChI is InChI=1S/C28H36FN5O3S/c1-20(2)15-24-27(36)32(13-14-38-19-22-7-5-4-6-8-22)17-25-33(24)26(35)18-31(3)34(25)28(37)30-16-21-9-11-23(29)12-10-21/h4-12,20,24-25H,13-19H2,1-3H3,(H,30,37)/t24-,25-/m0/s1. The maximum Gasteiger partial charge on any atom is 0.334 e. The first-order chi connectivity index (χ1) is 18.2. The van der Waals surface area contributed by atoms with Gasteiger partial charge in [-0.1, -0.05) is 56.3 Å². The van der Waals surface area contributed by atoms with Crippen molar-refractivity contribution in [3.8, 4) is 0 Å². The first-order valence-corrected chi connectivity index (χ1v) is 14.1. The van der Waals surface area contributed by atoms with E-state index in [2.05, 4.69) is 17.4 Å². The van der Waals surface area contributed by atoms with Gasteiger partial charge in [0.15, 0.2) is 0 Å². The van der Waals surface area contributed by atoms with E-state index in [9.17, 15) is 18.8 Å². The van der Waals surface area contributed by atoms with Gasteiger partial charge in [0, 0.05) is 31.6 Å². The summed E-state index contributed by atoms with van der Waals surface area (Å²) in [5, 5.41) is 6.07. The number of piperazine rings is 1. The summed E-state index contributed by atoms with van der Waals surface area (Å²) in [7, 11) is 1.71. The molecular formula is C28H36FN5O3S. The minimum atomic E-state index is -0.610. The van der Waals surface area contributed by atoms with Crippen LogP contribution in [0, 0.1) is 11.7 Å². The van der Waals surface area contributed by atoms with Crippen LogP contribution < -0.4 is 5.32 Å². The number of nitrogens with one attached hydrogen (secondary N) is 1. The fraction of sp³-hybridized carbons (Fsp3) is 0.464. The number of rotatable bonds is 9. The summed E-state index contributed by atoms with van der Waals surface area (Å²) < 4.78 is 13.3. The van der Waals surface area contributed by atoms with Crippen molar-refractivity contribution in [1.29, 1.82) is 0 Å². The Morgan fingerprint density at radius 1 is 1.08 bits per heavy atom. The molecule has 0 unspecified atom stereocenters. The van der Waals surface area contributed by atoms with Gasteiger partial charge >= 0.3 is 6.03 Å². The lowest BCUT2D eigenvalue weighted by Crippen LogP contribution is -2.76. The van der Waals surface area contributed by atoms with E-state index in [4.69, 9.17) is 0 Å². The van der Waals surface area contributed by atoms with Crippen LogP contribution in [0.2, 0.25) is 0 Å². The van der Waals surface area contributed by atoms with Crippen LogP contribution in [0.15, 0.2) is 54.6 Å². The van der Waals surface area contributed by atoms with Crippen molar-refractivity contribution in [2.75, 3.05) is 32.4 Å². The molecule has 204 valence electrons. The van der Waals surface area contributed by atoms with Gasteiger partial charge in [-0.25, -0.2) is 19.2 Å². The van der Waals surface area contributed by atoms with Crippen LogP contribution in [0.4, 0.5) is 9.18 Å². The highest BCUT2D eigenvalue weighted by molar-refractivity contribution is 7.98. The zero-order chi connectivity index (χ0) is 27.2. The number of fused-ring (bicyclic) bond motifs is 1. The van der Waals surface area contributed by atoms with Crippen molar-refractivity contribution in [3.05, 3.63) is 71.5 Å². The first-order valence-electron chi connectivity index (χ1n) is 13.0. The van der Waals surface area contributed by atoms with Gasteiger partial charge in [-0.2, -0.15) is 11.8 Å². The summed E-state index contributed by atoms with van der Waals surface area (Å²) in [5.74, 6) is 1.26. The number of carbonyl (C=O) groups excluding carboxylic acids is 3. The molecule has 4 amide bonds. The van der Waals surface area contributed by atoms with Gasteiger partial charge in [-0.05, 0) is 35.6 Å². The molecule has 38 heavy (non-hydrogen) atoms. The van der Waals surface area contributed by atoms with Crippen LogP contribution in [0.5, 0.6) is 0 Å². The number of urea groups is 1. The molecule has 2 aliphatic rings. The molecule has 4 rings (SSSR count). The van der Waals surface area contributed by atoms with Crippen LogP contribution in [0.25, 0.3) is 0 Å².